The summed E-state index contributed by atoms with van der Waals surface area (Å²) in [6.07, 6.45) is 0.995. The fraction of sp³-hybridized carbons (Fsp3) is 0.133. The molecule has 0 aliphatic rings. The van der Waals surface area contributed by atoms with E-state index in [1.165, 1.54) is 5.56 Å². The first-order chi connectivity index (χ1) is 8.69. The zero-order valence-corrected chi connectivity index (χ0v) is 10.3. The van der Waals surface area contributed by atoms with Crippen LogP contribution in [0.2, 0.25) is 0 Å². The highest BCUT2D eigenvalue weighted by Gasteiger charge is 2.07. The van der Waals surface area contributed by atoms with Crippen LogP contribution in [0.4, 0.5) is 11.4 Å². The molecular weight excluding hydrogens is 222 g/mol. The molecule has 0 bridgehead atoms. The highest BCUT2D eigenvalue weighted by Crippen LogP contribution is 2.29. The first-order valence-corrected chi connectivity index (χ1v) is 6.06. The molecule has 0 amide bonds. The van der Waals surface area contributed by atoms with E-state index in [1.54, 1.807) is 0 Å². The fourth-order valence-corrected chi connectivity index (χ4v) is 2.26. The predicted molar refractivity (Wildman–Crippen MR) is 77.5 cm³/mol. The molecule has 3 heteroatoms. The predicted octanol–water partition coefficient (Wildman–Crippen LogP) is 3.11. The third-order valence-corrected chi connectivity index (χ3v) is 3.31. The molecule has 0 saturated heterocycles. The average Bonchev–Trinajstić information content (AvgIpc) is 2.38. The minimum atomic E-state index is 0.707. The van der Waals surface area contributed by atoms with E-state index < -0.39 is 0 Å². The maximum absolute atomic E-state index is 6.25. The van der Waals surface area contributed by atoms with E-state index in [9.17, 15) is 0 Å². The lowest BCUT2D eigenvalue weighted by Gasteiger charge is -2.08. The van der Waals surface area contributed by atoms with Gasteiger partial charge in [0.15, 0.2) is 0 Å². The highest BCUT2D eigenvalue weighted by atomic mass is 14.7. The molecule has 0 radical (unpaired) electrons. The molecule has 0 aliphatic heterocycles. The minimum Gasteiger partial charge on any atom is -0.399 e. The summed E-state index contributed by atoms with van der Waals surface area (Å²) in [4.78, 5) is 4.61. The van der Waals surface area contributed by atoms with Gasteiger partial charge in [-0.3, -0.25) is 0 Å². The summed E-state index contributed by atoms with van der Waals surface area (Å²) in [6.45, 7) is 2.13. The molecule has 0 aliphatic carbocycles. The molecule has 0 unspecified atom stereocenters. The van der Waals surface area contributed by atoms with Crippen molar-refractivity contribution in [3.8, 4) is 0 Å². The van der Waals surface area contributed by atoms with Gasteiger partial charge in [-0.25, -0.2) is 4.98 Å². The molecule has 2 aromatic carbocycles. The lowest BCUT2D eigenvalue weighted by Crippen LogP contribution is -1.95. The first-order valence-electron chi connectivity index (χ1n) is 6.06. The highest BCUT2D eigenvalue weighted by molar-refractivity contribution is 6.07. The van der Waals surface area contributed by atoms with E-state index in [-0.39, 0.29) is 0 Å². The summed E-state index contributed by atoms with van der Waals surface area (Å²) in [7, 11) is 0. The van der Waals surface area contributed by atoms with E-state index in [0.717, 1.165) is 33.9 Å². The monoisotopic (exact) mass is 237 g/mol. The number of nitrogens with zero attached hydrogens (tertiary/aromatic N) is 1. The SMILES string of the molecule is CCc1ccc2nc3cc(N)ccc3c(N)c2c1. The Hall–Kier alpha value is -2.29. The van der Waals surface area contributed by atoms with E-state index in [0.29, 0.717) is 5.69 Å². The number of anilines is 2. The van der Waals surface area contributed by atoms with Crippen LogP contribution >= 0.6 is 0 Å². The topological polar surface area (TPSA) is 64.9 Å². The Kier molecular flexibility index (Phi) is 2.33. The Labute approximate surface area is 105 Å². The minimum absolute atomic E-state index is 0.707. The summed E-state index contributed by atoms with van der Waals surface area (Å²) in [5.74, 6) is 0. The van der Waals surface area contributed by atoms with Gasteiger partial charge in [0.05, 0.1) is 16.7 Å². The standard InChI is InChI=1S/C15H15N3/c1-2-9-3-6-13-12(7-9)15(17)11-5-4-10(16)8-14(11)18-13/h3-8H,2,16H2,1H3,(H2,17,18). The quantitative estimate of drug-likeness (QED) is 0.505. The van der Waals surface area contributed by atoms with Crippen molar-refractivity contribution in [3.05, 3.63) is 42.0 Å². The molecule has 0 fully saturated rings. The number of aromatic nitrogens is 1. The van der Waals surface area contributed by atoms with Crippen molar-refractivity contribution >= 4 is 33.2 Å². The van der Waals surface area contributed by atoms with Crippen molar-refractivity contribution in [1.29, 1.82) is 0 Å². The van der Waals surface area contributed by atoms with Crippen LogP contribution in [0.3, 0.4) is 0 Å². The van der Waals surface area contributed by atoms with Crippen molar-refractivity contribution in [1.82, 2.24) is 4.98 Å². The summed E-state index contributed by atoms with van der Waals surface area (Å²) < 4.78 is 0. The van der Waals surface area contributed by atoms with E-state index in [2.05, 4.69) is 24.0 Å². The Bertz CT molecular complexity index is 747. The van der Waals surface area contributed by atoms with Crippen LogP contribution < -0.4 is 11.5 Å². The van der Waals surface area contributed by atoms with Gasteiger partial charge in [0.25, 0.3) is 0 Å². The van der Waals surface area contributed by atoms with Gasteiger partial charge in [-0.15, -0.1) is 0 Å². The van der Waals surface area contributed by atoms with Crippen molar-refractivity contribution in [2.75, 3.05) is 11.5 Å². The number of fused-ring (bicyclic) bond motifs is 2. The Balaban J connectivity index is 2.44. The Morgan fingerprint density at radius 2 is 1.78 bits per heavy atom. The second kappa shape index (κ2) is 3.88. The number of hydrogen-bond donors (Lipinski definition) is 2. The number of pyridine rings is 1. The molecule has 3 rings (SSSR count). The second-order valence-electron chi connectivity index (χ2n) is 4.51. The van der Waals surface area contributed by atoms with Crippen molar-refractivity contribution in [3.63, 3.8) is 0 Å². The molecule has 0 saturated carbocycles. The van der Waals surface area contributed by atoms with E-state index >= 15 is 0 Å². The maximum atomic E-state index is 6.25. The van der Waals surface area contributed by atoms with Crippen molar-refractivity contribution in [2.24, 2.45) is 0 Å². The van der Waals surface area contributed by atoms with Crippen LogP contribution in [-0.4, -0.2) is 4.98 Å². The lowest BCUT2D eigenvalue weighted by molar-refractivity contribution is 1.15. The number of rotatable bonds is 1. The Morgan fingerprint density at radius 1 is 0.944 bits per heavy atom. The molecular formula is C15H15N3. The average molecular weight is 237 g/mol. The molecule has 18 heavy (non-hydrogen) atoms. The van der Waals surface area contributed by atoms with Crippen molar-refractivity contribution < 1.29 is 0 Å². The zero-order chi connectivity index (χ0) is 12.7. The fourth-order valence-electron chi connectivity index (χ4n) is 2.26. The molecule has 4 N–H and O–H groups in total. The van der Waals surface area contributed by atoms with Crippen LogP contribution in [-0.2, 0) is 6.42 Å². The molecule has 1 aromatic heterocycles. The summed E-state index contributed by atoms with van der Waals surface area (Å²) in [6, 6.07) is 11.9. The lowest BCUT2D eigenvalue weighted by atomic mass is 10.0. The first kappa shape index (κ1) is 10.8. The third kappa shape index (κ3) is 1.56. The molecule has 3 aromatic rings. The van der Waals surface area contributed by atoms with Gasteiger partial charge >= 0.3 is 0 Å². The largest absolute Gasteiger partial charge is 0.399 e. The summed E-state index contributed by atoms with van der Waals surface area (Å²) in [5, 5.41) is 1.98. The molecule has 0 atom stereocenters. The molecule has 90 valence electrons. The van der Waals surface area contributed by atoms with E-state index in [1.807, 2.05) is 24.3 Å². The van der Waals surface area contributed by atoms with Gasteiger partial charge in [-0.05, 0) is 42.3 Å². The zero-order valence-electron chi connectivity index (χ0n) is 10.3. The third-order valence-electron chi connectivity index (χ3n) is 3.31. The number of benzene rings is 2. The number of nitrogen functional groups attached to an aromatic ring is 2. The van der Waals surface area contributed by atoms with Gasteiger partial charge in [0.1, 0.15) is 0 Å². The van der Waals surface area contributed by atoms with Gasteiger partial charge in [-0.1, -0.05) is 13.0 Å². The number of nitrogens with two attached hydrogens (primary N) is 2. The number of aryl methyl sites for hydroxylation is 1. The maximum Gasteiger partial charge on any atom is 0.0750 e. The van der Waals surface area contributed by atoms with Gasteiger partial charge in [0, 0.05) is 16.5 Å². The van der Waals surface area contributed by atoms with Crippen LogP contribution in [0.5, 0.6) is 0 Å². The Morgan fingerprint density at radius 3 is 2.56 bits per heavy atom. The molecule has 1 heterocycles. The second-order valence-corrected chi connectivity index (χ2v) is 4.51. The molecule has 0 spiro atoms. The number of hydrogen-bond acceptors (Lipinski definition) is 3. The van der Waals surface area contributed by atoms with E-state index in [4.69, 9.17) is 11.5 Å². The van der Waals surface area contributed by atoms with Crippen LogP contribution in [0.15, 0.2) is 36.4 Å². The summed E-state index contributed by atoms with van der Waals surface area (Å²) >= 11 is 0. The van der Waals surface area contributed by atoms with Crippen molar-refractivity contribution in [2.45, 2.75) is 13.3 Å². The van der Waals surface area contributed by atoms with Crippen LogP contribution in [0.25, 0.3) is 21.8 Å². The smallest absolute Gasteiger partial charge is 0.0750 e. The van der Waals surface area contributed by atoms with Crippen LogP contribution in [0.1, 0.15) is 12.5 Å². The molecule has 3 nitrogen and oxygen atoms in total. The summed E-state index contributed by atoms with van der Waals surface area (Å²) in [5.41, 5.74) is 16.6. The van der Waals surface area contributed by atoms with Gasteiger partial charge in [-0.2, -0.15) is 0 Å². The van der Waals surface area contributed by atoms with Gasteiger partial charge in [0.2, 0.25) is 0 Å². The van der Waals surface area contributed by atoms with Crippen LogP contribution in [0, 0.1) is 0 Å². The normalized spacial score (nSPS) is 11.2. The van der Waals surface area contributed by atoms with Gasteiger partial charge < -0.3 is 11.5 Å².